The second kappa shape index (κ2) is 8.66. The number of amides is 2. The van der Waals surface area contributed by atoms with Crippen LogP contribution in [0, 0.1) is 5.92 Å². The highest BCUT2D eigenvalue weighted by Crippen LogP contribution is 2.48. The topological polar surface area (TPSA) is 113 Å². The number of nitrogens with one attached hydrogen (secondary N) is 1. The van der Waals surface area contributed by atoms with Crippen LogP contribution in [-0.2, 0) is 15.0 Å². The summed E-state index contributed by atoms with van der Waals surface area (Å²) in [5.74, 6) is -0.0373. The Morgan fingerprint density at radius 1 is 1.24 bits per heavy atom. The Kier molecular flexibility index (Phi) is 6.15. The fraction of sp³-hybridized carbons (Fsp3) is 0.500. The van der Waals surface area contributed by atoms with E-state index in [1.165, 1.54) is 16.2 Å². The first kappa shape index (κ1) is 24.2. The maximum Gasteiger partial charge on any atom is 0.413 e. The van der Waals surface area contributed by atoms with Crippen molar-refractivity contribution in [3.8, 4) is 0 Å². The number of rotatable bonds is 3. The average molecular weight is 487 g/mol. The van der Waals surface area contributed by atoms with Crippen LogP contribution in [0.2, 0.25) is 0 Å². The Bertz CT molecular complexity index is 1110. The standard InChI is InChI=1S/C24H30N4O5S/c1-22(2,3)28(21(30)31)17-13-34-19(25-17)24-14-33-23(4,5)11-16(24)12-32-20(27-24)26-18(29)15-9-7-6-8-10-15/h6-10,13,16H,11-12,14H2,1-5H3,(H,30,31)(H,26,27,29)/t16-,24-/m0/s1. The van der Waals surface area contributed by atoms with E-state index in [0.717, 1.165) is 0 Å². The van der Waals surface area contributed by atoms with Gasteiger partial charge in [-0.25, -0.2) is 14.8 Å². The predicted molar refractivity (Wildman–Crippen MR) is 129 cm³/mol. The molecule has 34 heavy (non-hydrogen) atoms. The molecule has 3 heterocycles. The highest BCUT2D eigenvalue weighted by atomic mass is 32.1. The highest BCUT2D eigenvalue weighted by Gasteiger charge is 2.53. The summed E-state index contributed by atoms with van der Waals surface area (Å²) in [5, 5.41) is 14.9. The number of nitrogens with zero attached hydrogens (tertiary/aromatic N) is 3. The summed E-state index contributed by atoms with van der Waals surface area (Å²) in [5.41, 5.74) is -1.44. The van der Waals surface area contributed by atoms with E-state index < -0.39 is 17.2 Å². The Morgan fingerprint density at radius 3 is 2.59 bits per heavy atom. The molecule has 2 aliphatic heterocycles. The molecule has 0 saturated carbocycles. The van der Waals surface area contributed by atoms with Gasteiger partial charge < -0.3 is 14.6 Å². The molecule has 2 atom stereocenters. The van der Waals surface area contributed by atoms with Gasteiger partial charge in [-0.05, 0) is 53.2 Å². The smallest absolute Gasteiger partial charge is 0.413 e. The maximum absolute atomic E-state index is 12.7. The third-order valence-corrected chi connectivity index (χ3v) is 7.03. The first-order valence-electron chi connectivity index (χ1n) is 11.1. The average Bonchev–Trinajstić information content (AvgIpc) is 3.22. The van der Waals surface area contributed by atoms with Crippen LogP contribution in [0.3, 0.4) is 0 Å². The number of carbonyl (C=O) groups is 2. The molecule has 1 aromatic carbocycles. The normalized spacial score (nSPS) is 23.8. The van der Waals surface area contributed by atoms with Crippen molar-refractivity contribution in [1.29, 1.82) is 0 Å². The number of hydrogen-bond donors (Lipinski definition) is 2. The van der Waals surface area contributed by atoms with E-state index >= 15 is 0 Å². The first-order valence-corrected chi connectivity index (χ1v) is 12.0. The molecule has 0 aliphatic carbocycles. The molecule has 182 valence electrons. The number of benzene rings is 1. The highest BCUT2D eigenvalue weighted by molar-refractivity contribution is 7.10. The quantitative estimate of drug-likeness (QED) is 0.670. The predicted octanol–water partition coefficient (Wildman–Crippen LogP) is 4.25. The lowest BCUT2D eigenvalue weighted by Crippen LogP contribution is -2.55. The van der Waals surface area contributed by atoms with Crippen molar-refractivity contribution in [1.82, 2.24) is 10.3 Å². The van der Waals surface area contributed by atoms with E-state index in [-0.39, 0.29) is 30.1 Å². The number of amidine groups is 1. The summed E-state index contributed by atoms with van der Waals surface area (Å²) < 4.78 is 12.0. The zero-order valence-corrected chi connectivity index (χ0v) is 20.8. The Morgan fingerprint density at radius 2 is 1.94 bits per heavy atom. The van der Waals surface area contributed by atoms with Gasteiger partial charge in [-0.15, -0.1) is 11.3 Å². The fourth-order valence-electron chi connectivity index (χ4n) is 4.36. The SMILES string of the molecule is CC1(C)C[C@H]2COC(NC(=O)c3ccccc3)=N[C@@]2(c2nc(N(C(=O)O)C(C)(C)C)cs2)CO1. The van der Waals surface area contributed by atoms with Crippen molar-refractivity contribution in [3.63, 3.8) is 0 Å². The molecule has 1 aromatic heterocycles. The monoisotopic (exact) mass is 486 g/mol. The molecule has 0 radical (unpaired) electrons. The maximum atomic E-state index is 12.7. The molecular weight excluding hydrogens is 456 g/mol. The van der Waals surface area contributed by atoms with Crippen molar-refractivity contribution in [3.05, 3.63) is 46.3 Å². The van der Waals surface area contributed by atoms with Crippen LogP contribution in [-0.4, -0.2) is 52.5 Å². The molecular formula is C24H30N4O5S. The molecule has 1 fully saturated rings. The summed E-state index contributed by atoms with van der Waals surface area (Å²) in [4.78, 5) is 35.5. The molecule has 1 saturated heterocycles. The van der Waals surface area contributed by atoms with Crippen LogP contribution < -0.4 is 10.2 Å². The number of aromatic nitrogens is 1. The van der Waals surface area contributed by atoms with Crippen molar-refractivity contribution in [2.75, 3.05) is 18.1 Å². The zero-order valence-electron chi connectivity index (χ0n) is 20.0. The lowest BCUT2D eigenvalue weighted by Gasteiger charge is -2.47. The lowest BCUT2D eigenvalue weighted by molar-refractivity contribution is -0.128. The molecule has 0 unspecified atom stereocenters. The van der Waals surface area contributed by atoms with Crippen LogP contribution in [0.1, 0.15) is 56.4 Å². The Hall–Kier alpha value is -2.98. The zero-order chi connectivity index (χ0) is 24.7. The summed E-state index contributed by atoms with van der Waals surface area (Å²) in [7, 11) is 0. The van der Waals surface area contributed by atoms with Gasteiger partial charge in [-0.3, -0.25) is 15.0 Å². The summed E-state index contributed by atoms with van der Waals surface area (Å²) in [6.45, 7) is 10.1. The summed E-state index contributed by atoms with van der Waals surface area (Å²) in [6.07, 6.45) is -0.404. The van der Waals surface area contributed by atoms with Crippen molar-refractivity contribution in [2.45, 2.75) is 57.7 Å². The van der Waals surface area contributed by atoms with Gasteiger partial charge in [0, 0.05) is 22.4 Å². The number of thiazole rings is 1. The van der Waals surface area contributed by atoms with Crippen LogP contribution >= 0.6 is 11.3 Å². The van der Waals surface area contributed by atoms with Gasteiger partial charge >= 0.3 is 6.09 Å². The molecule has 0 bridgehead atoms. The van der Waals surface area contributed by atoms with E-state index in [2.05, 4.69) is 5.32 Å². The van der Waals surface area contributed by atoms with Gasteiger partial charge in [0.15, 0.2) is 0 Å². The Balaban J connectivity index is 1.72. The first-order chi connectivity index (χ1) is 15.9. The van der Waals surface area contributed by atoms with Gasteiger partial charge in [0.2, 0.25) is 0 Å². The van der Waals surface area contributed by atoms with Crippen LogP contribution in [0.25, 0.3) is 0 Å². The lowest BCUT2D eigenvalue weighted by atomic mass is 9.76. The molecule has 0 spiro atoms. The van der Waals surface area contributed by atoms with E-state index in [0.29, 0.717) is 29.4 Å². The largest absolute Gasteiger partial charge is 0.465 e. The number of hydrogen-bond acceptors (Lipinski definition) is 7. The van der Waals surface area contributed by atoms with Gasteiger partial charge in [0.05, 0.1) is 18.8 Å². The van der Waals surface area contributed by atoms with E-state index in [4.69, 9.17) is 19.5 Å². The second-order valence-corrected chi connectivity index (χ2v) is 11.1. The molecule has 2 amide bonds. The molecule has 4 rings (SSSR count). The molecule has 2 aromatic rings. The number of fused-ring (bicyclic) bond motifs is 1. The molecule has 9 nitrogen and oxygen atoms in total. The van der Waals surface area contributed by atoms with E-state index in [1.54, 1.807) is 29.6 Å². The van der Waals surface area contributed by atoms with E-state index in [1.807, 2.05) is 40.7 Å². The Labute approximate surface area is 202 Å². The minimum Gasteiger partial charge on any atom is -0.465 e. The minimum absolute atomic E-state index is 0.0551. The van der Waals surface area contributed by atoms with Crippen molar-refractivity contribution >= 4 is 35.2 Å². The number of anilines is 1. The van der Waals surface area contributed by atoms with Crippen LogP contribution in [0.15, 0.2) is 40.7 Å². The minimum atomic E-state index is -1.08. The van der Waals surface area contributed by atoms with Crippen LogP contribution in [0.4, 0.5) is 10.6 Å². The number of carboxylic acid groups (broad SMARTS) is 1. The van der Waals surface area contributed by atoms with Crippen molar-refractivity contribution in [2.24, 2.45) is 10.9 Å². The summed E-state index contributed by atoms with van der Waals surface area (Å²) >= 11 is 1.34. The molecule has 10 heteroatoms. The third kappa shape index (κ3) is 4.65. The van der Waals surface area contributed by atoms with Crippen molar-refractivity contribution < 1.29 is 24.2 Å². The van der Waals surface area contributed by atoms with Gasteiger partial charge in [0.1, 0.15) is 16.4 Å². The van der Waals surface area contributed by atoms with Gasteiger partial charge in [0.25, 0.3) is 11.9 Å². The summed E-state index contributed by atoms with van der Waals surface area (Å²) in [6, 6.07) is 8.94. The molecule has 2 N–H and O–H groups in total. The fourth-order valence-corrected chi connectivity index (χ4v) is 5.36. The molecule has 2 aliphatic rings. The third-order valence-electron chi connectivity index (χ3n) is 6.03. The van der Waals surface area contributed by atoms with Gasteiger partial charge in [-0.2, -0.15) is 0 Å². The number of ether oxygens (including phenoxy) is 2. The number of aliphatic imine (C=N–C) groups is 1. The van der Waals surface area contributed by atoms with Crippen LogP contribution in [0.5, 0.6) is 0 Å². The number of carbonyl (C=O) groups excluding carboxylic acids is 1. The second-order valence-electron chi connectivity index (χ2n) is 10.2. The van der Waals surface area contributed by atoms with E-state index in [9.17, 15) is 14.7 Å². The van der Waals surface area contributed by atoms with Gasteiger partial charge in [-0.1, -0.05) is 18.2 Å².